The number of carbonyl (C=O) groups is 2. The summed E-state index contributed by atoms with van der Waals surface area (Å²) in [4.78, 5) is 28.8. The van der Waals surface area contributed by atoms with E-state index in [4.69, 9.17) is 4.74 Å². The molecular formula is C20H29N3O3. The molecule has 0 saturated carbocycles. The fourth-order valence-electron chi connectivity index (χ4n) is 3.35. The van der Waals surface area contributed by atoms with Crippen LogP contribution in [0, 0.1) is 0 Å². The van der Waals surface area contributed by atoms with E-state index in [9.17, 15) is 9.59 Å². The number of hydrogen-bond donors (Lipinski definition) is 1. The number of amides is 2. The van der Waals surface area contributed by atoms with Crippen LogP contribution in [0.3, 0.4) is 0 Å². The van der Waals surface area contributed by atoms with Crippen LogP contribution in [-0.4, -0.2) is 43.1 Å². The normalized spacial score (nSPS) is 17.2. The molecule has 26 heavy (non-hydrogen) atoms. The molecule has 0 fully saturated rings. The van der Waals surface area contributed by atoms with E-state index < -0.39 is 6.04 Å². The molecule has 1 atom stereocenters. The SMILES string of the molecule is CCOC(=O)C1=C(C)N(CC)C(=O)NC1c1ccc(N(CC)CC)cc1. The van der Waals surface area contributed by atoms with Crippen LogP contribution in [0.1, 0.15) is 46.2 Å². The molecular weight excluding hydrogens is 330 g/mol. The lowest BCUT2D eigenvalue weighted by atomic mass is 9.94. The number of carbonyl (C=O) groups excluding carboxylic acids is 2. The van der Waals surface area contributed by atoms with Crippen LogP contribution in [0.15, 0.2) is 35.5 Å². The molecule has 0 radical (unpaired) electrons. The van der Waals surface area contributed by atoms with Gasteiger partial charge in [-0.05, 0) is 52.3 Å². The maximum absolute atomic E-state index is 12.6. The van der Waals surface area contributed by atoms with Gasteiger partial charge in [-0.3, -0.25) is 4.90 Å². The third kappa shape index (κ3) is 3.84. The highest BCUT2D eigenvalue weighted by atomic mass is 16.5. The van der Waals surface area contributed by atoms with Crippen LogP contribution >= 0.6 is 0 Å². The van der Waals surface area contributed by atoms with Gasteiger partial charge in [0.05, 0.1) is 18.2 Å². The molecule has 1 unspecified atom stereocenters. The van der Waals surface area contributed by atoms with Crippen molar-refractivity contribution in [2.75, 3.05) is 31.1 Å². The second kappa shape index (κ2) is 8.74. The van der Waals surface area contributed by atoms with Crippen molar-refractivity contribution in [2.45, 2.75) is 40.7 Å². The van der Waals surface area contributed by atoms with Gasteiger partial charge in [0, 0.05) is 31.0 Å². The Morgan fingerprint density at radius 3 is 2.27 bits per heavy atom. The first-order valence-corrected chi connectivity index (χ1v) is 9.29. The monoisotopic (exact) mass is 359 g/mol. The average molecular weight is 359 g/mol. The summed E-state index contributed by atoms with van der Waals surface area (Å²) in [5.74, 6) is -0.388. The Labute approximate surface area is 155 Å². The number of benzene rings is 1. The zero-order valence-corrected chi connectivity index (χ0v) is 16.3. The lowest BCUT2D eigenvalue weighted by Gasteiger charge is -2.35. The average Bonchev–Trinajstić information content (AvgIpc) is 2.63. The highest BCUT2D eigenvalue weighted by Crippen LogP contribution is 2.32. The van der Waals surface area contributed by atoms with Gasteiger partial charge in [0.1, 0.15) is 0 Å². The first-order valence-electron chi connectivity index (χ1n) is 9.29. The van der Waals surface area contributed by atoms with Gasteiger partial charge in [-0.15, -0.1) is 0 Å². The van der Waals surface area contributed by atoms with Gasteiger partial charge in [0.15, 0.2) is 0 Å². The zero-order valence-electron chi connectivity index (χ0n) is 16.3. The third-order valence-corrected chi connectivity index (χ3v) is 4.76. The van der Waals surface area contributed by atoms with Crippen molar-refractivity contribution >= 4 is 17.7 Å². The van der Waals surface area contributed by atoms with Gasteiger partial charge in [-0.1, -0.05) is 12.1 Å². The van der Waals surface area contributed by atoms with Gasteiger partial charge >= 0.3 is 12.0 Å². The number of urea groups is 1. The van der Waals surface area contributed by atoms with E-state index in [0.29, 0.717) is 24.4 Å². The number of hydrogen-bond acceptors (Lipinski definition) is 4. The first-order chi connectivity index (χ1) is 12.5. The fraction of sp³-hybridized carbons (Fsp3) is 0.500. The van der Waals surface area contributed by atoms with Crippen molar-refractivity contribution in [3.8, 4) is 0 Å². The molecule has 2 rings (SSSR count). The number of ether oxygens (including phenoxy) is 1. The number of nitrogens with zero attached hydrogens (tertiary/aromatic N) is 2. The van der Waals surface area contributed by atoms with Crippen LogP contribution < -0.4 is 10.2 Å². The lowest BCUT2D eigenvalue weighted by Crippen LogP contribution is -2.47. The van der Waals surface area contributed by atoms with Crippen LogP contribution in [0.25, 0.3) is 0 Å². The number of allylic oxidation sites excluding steroid dienone is 1. The molecule has 0 spiro atoms. The fourth-order valence-corrected chi connectivity index (χ4v) is 3.35. The molecule has 1 aromatic rings. The topological polar surface area (TPSA) is 61.9 Å². The minimum Gasteiger partial charge on any atom is -0.463 e. The molecule has 1 N–H and O–H groups in total. The molecule has 2 amide bonds. The van der Waals surface area contributed by atoms with Gasteiger partial charge in [0.25, 0.3) is 0 Å². The molecule has 1 aliphatic rings. The Hall–Kier alpha value is -2.50. The van der Waals surface area contributed by atoms with E-state index in [1.54, 1.807) is 18.7 Å². The van der Waals surface area contributed by atoms with Crippen LogP contribution in [0.4, 0.5) is 10.5 Å². The van der Waals surface area contributed by atoms with Gasteiger partial charge < -0.3 is 15.0 Å². The van der Waals surface area contributed by atoms with Crippen molar-refractivity contribution in [3.63, 3.8) is 0 Å². The lowest BCUT2D eigenvalue weighted by molar-refractivity contribution is -0.139. The summed E-state index contributed by atoms with van der Waals surface area (Å²) >= 11 is 0. The summed E-state index contributed by atoms with van der Waals surface area (Å²) < 4.78 is 5.25. The Balaban J connectivity index is 2.43. The zero-order chi connectivity index (χ0) is 19.3. The van der Waals surface area contributed by atoms with Crippen LogP contribution in [0.5, 0.6) is 0 Å². The smallest absolute Gasteiger partial charge is 0.338 e. The number of anilines is 1. The van der Waals surface area contributed by atoms with Crippen molar-refractivity contribution in [1.82, 2.24) is 10.2 Å². The maximum atomic E-state index is 12.6. The van der Waals surface area contributed by atoms with E-state index in [1.807, 2.05) is 31.2 Å². The van der Waals surface area contributed by atoms with Crippen molar-refractivity contribution in [2.24, 2.45) is 0 Å². The maximum Gasteiger partial charge on any atom is 0.338 e. The van der Waals surface area contributed by atoms with Gasteiger partial charge in [0.2, 0.25) is 0 Å². The Bertz CT molecular complexity index is 678. The number of esters is 1. The van der Waals surface area contributed by atoms with E-state index in [-0.39, 0.29) is 12.0 Å². The quantitative estimate of drug-likeness (QED) is 0.758. The Morgan fingerprint density at radius 1 is 1.15 bits per heavy atom. The molecule has 1 heterocycles. The predicted octanol–water partition coefficient (Wildman–Crippen LogP) is 3.46. The molecule has 0 aliphatic carbocycles. The van der Waals surface area contributed by atoms with Crippen molar-refractivity contribution in [3.05, 3.63) is 41.1 Å². The van der Waals surface area contributed by atoms with E-state index in [1.165, 1.54) is 0 Å². The Kier molecular flexibility index (Phi) is 6.66. The molecule has 1 aliphatic heterocycles. The minimum atomic E-state index is -0.505. The summed E-state index contributed by atoms with van der Waals surface area (Å²) in [6.07, 6.45) is 0. The van der Waals surface area contributed by atoms with Crippen LogP contribution in [-0.2, 0) is 9.53 Å². The molecule has 6 nitrogen and oxygen atoms in total. The van der Waals surface area contributed by atoms with Crippen molar-refractivity contribution in [1.29, 1.82) is 0 Å². The summed E-state index contributed by atoms with van der Waals surface area (Å²) in [5, 5.41) is 2.94. The minimum absolute atomic E-state index is 0.198. The van der Waals surface area contributed by atoms with Gasteiger partial charge in [-0.2, -0.15) is 0 Å². The largest absolute Gasteiger partial charge is 0.463 e. The molecule has 0 bridgehead atoms. The molecule has 0 saturated heterocycles. The summed E-state index contributed by atoms with van der Waals surface area (Å²) in [7, 11) is 0. The van der Waals surface area contributed by atoms with E-state index in [2.05, 4.69) is 24.1 Å². The highest BCUT2D eigenvalue weighted by Gasteiger charge is 2.35. The van der Waals surface area contributed by atoms with Gasteiger partial charge in [-0.25, -0.2) is 9.59 Å². The van der Waals surface area contributed by atoms with Crippen molar-refractivity contribution < 1.29 is 14.3 Å². The summed E-state index contributed by atoms with van der Waals surface area (Å²) in [6.45, 7) is 12.3. The Morgan fingerprint density at radius 2 is 1.77 bits per heavy atom. The summed E-state index contributed by atoms with van der Waals surface area (Å²) in [6, 6.07) is 7.28. The third-order valence-electron chi connectivity index (χ3n) is 4.76. The van der Waals surface area contributed by atoms with E-state index in [0.717, 1.165) is 24.3 Å². The van der Waals surface area contributed by atoms with E-state index >= 15 is 0 Å². The summed E-state index contributed by atoms with van der Waals surface area (Å²) in [5.41, 5.74) is 3.12. The second-order valence-corrected chi connectivity index (χ2v) is 6.11. The molecule has 1 aromatic carbocycles. The highest BCUT2D eigenvalue weighted by molar-refractivity contribution is 5.95. The second-order valence-electron chi connectivity index (χ2n) is 6.11. The standard InChI is InChI=1S/C20H29N3O3/c1-6-22(7-2)16-12-10-15(11-13-16)18-17(19(24)26-9-4)14(5)23(8-3)20(25)21-18/h10-13,18H,6-9H2,1-5H3,(H,21,25). The number of nitrogens with one attached hydrogen (secondary N) is 1. The molecule has 142 valence electrons. The molecule has 0 aromatic heterocycles. The van der Waals surface area contributed by atoms with Crippen LogP contribution in [0.2, 0.25) is 0 Å². The molecule has 6 heteroatoms. The number of rotatable bonds is 7. The predicted molar refractivity (Wildman–Crippen MR) is 103 cm³/mol. The first kappa shape index (κ1) is 19.8.